The van der Waals surface area contributed by atoms with Crippen LogP contribution in [0.4, 0.5) is 13.2 Å². The molecule has 2 N–H and O–H groups in total. The number of hydrogen-bond acceptors (Lipinski definition) is 2. The first-order valence-corrected chi connectivity index (χ1v) is 6.06. The molecule has 0 aromatic heterocycles. The smallest absolute Gasteiger partial charge is 0.420 e. The first-order chi connectivity index (χ1) is 8.45. The van der Waals surface area contributed by atoms with Crippen molar-refractivity contribution < 1.29 is 28.2 Å². The number of rotatable bonds is 3. The summed E-state index contributed by atoms with van der Waals surface area (Å²) in [6, 6.07) is 2.08. The summed E-state index contributed by atoms with van der Waals surface area (Å²) in [6.07, 6.45) is -5.02. The number of phenolic OH excluding ortho intramolecular Hbond substituents is 1. The molecule has 7 heteroatoms. The monoisotopic (exact) mass is 340 g/mol. The number of carbonyl (C=O) groups is 1. The van der Waals surface area contributed by atoms with E-state index >= 15 is 0 Å². The molecule has 0 aliphatic carbocycles. The van der Waals surface area contributed by atoms with E-state index in [1.54, 1.807) is 0 Å². The summed E-state index contributed by atoms with van der Waals surface area (Å²) in [7, 11) is 0. The van der Waals surface area contributed by atoms with Crippen LogP contribution in [-0.2, 0) is 16.4 Å². The highest BCUT2D eigenvalue weighted by Crippen LogP contribution is 2.43. The summed E-state index contributed by atoms with van der Waals surface area (Å²) < 4.78 is 38.2. The zero-order valence-corrected chi connectivity index (χ0v) is 11.8. The maximum absolute atomic E-state index is 12.8. The second kappa shape index (κ2) is 5.03. The van der Waals surface area contributed by atoms with Gasteiger partial charge in [0, 0.05) is 5.41 Å². The van der Waals surface area contributed by atoms with E-state index in [4.69, 9.17) is 5.11 Å². The molecule has 0 heterocycles. The molecule has 0 saturated carbocycles. The van der Waals surface area contributed by atoms with Crippen LogP contribution in [0.2, 0.25) is 0 Å². The summed E-state index contributed by atoms with van der Waals surface area (Å²) in [4.78, 5) is 10.7. The summed E-state index contributed by atoms with van der Waals surface area (Å²) in [5.74, 6) is -2.01. The molecule has 0 spiro atoms. The molecule has 0 atom stereocenters. The number of carboxylic acid groups (broad SMARTS) is 1. The van der Waals surface area contributed by atoms with Crippen molar-refractivity contribution in [1.82, 2.24) is 0 Å². The average molecular weight is 341 g/mol. The van der Waals surface area contributed by atoms with E-state index < -0.39 is 28.9 Å². The van der Waals surface area contributed by atoms with Gasteiger partial charge >= 0.3 is 12.1 Å². The van der Waals surface area contributed by atoms with E-state index in [9.17, 15) is 23.1 Å². The van der Waals surface area contributed by atoms with Crippen molar-refractivity contribution in [3.8, 4) is 5.75 Å². The maximum Gasteiger partial charge on any atom is 0.420 e. The van der Waals surface area contributed by atoms with Gasteiger partial charge in [0.15, 0.2) is 0 Å². The molecule has 0 aliphatic rings. The van der Waals surface area contributed by atoms with Crippen LogP contribution in [-0.4, -0.2) is 16.2 Å². The Morgan fingerprint density at radius 2 is 1.84 bits per heavy atom. The largest absolute Gasteiger partial charge is 0.506 e. The Bertz CT molecular complexity index is 510. The van der Waals surface area contributed by atoms with Crippen molar-refractivity contribution in [3.05, 3.63) is 27.7 Å². The molecule has 1 aromatic rings. The fourth-order valence-electron chi connectivity index (χ4n) is 1.69. The van der Waals surface area contributed by atoms with Crippen LogP contribution >= 0.6 is 15.9 Å². The summed E-state index contributed by atoms with van der Waals surface area (Å²) in [6.45, 7) is 3.06. The van der Waals surface area contributed by atoms with Crippen molar-refractivity contribution in [3.63, 3.8) is 0 Å². The summed E-state index contributed by atoms with van der Waals surface area (Å²) >= 11 is 2.85. The predicted molar refractivity (Wildman–Crippen MR) is 66.1 cm³/mol. The summed E-state index contributed by atoms with van der Waals surface area (Å²) in [5, 5.41) is 18.2. The van der Waals surface area contributed by atoms with Crippen molar-refractivity contribution in [2.75, 3.05) is 0 Å². The standard InChI is InChI=1S/C12H12BrF3O3/c1-11(2,5-9(17)18)6-3-7(12(14,15)16)10(19)8(13)4-6/h3-4,19H,5H2,1-2H3,(H,17,18). The zero-order valence-electron chi connectivity index (χ0n) is 10.2. The molecule has 0 bridgehead atoms. The van der Waals surface area contributed by atoms with Crippen molar-refractivity contribution in [1.29, 1.82) is 0 Å². The molecule has 3 nitrogen and oxygen atoms in total. The second-order valence-electron chi connectivity index (χ2n) is 4.81. The molecule has 0 aliphatic heterocycles. The fraction of sp³-hybridized carbons (Fsp3) is 0.417. The van der Waals surface area contributed by atoms with Gasteiger partial charge in [0.05, 0.1) is 16.5 Å². The van der Waals surface area contributed by atoms with Crippen LogP contribution in [0.15, 0.2) is 16.6 Å². The number of carboxylic acids is 1. The molecule has 0 saturated heterocycles. The minimum Gasteiger partial charge on any atom is -0.506 e. The first kappa shape index (κ1) is 15.8. The lowest BCUT2D eigenvalue weighted by atomic mass is 9.81. The van der Waals surface area contributed by atoms with Gasteiger partial charge < -0.3 is 10.2 Å². The molecule has 0 radical (unpaired) electrons. The van der Waals surface area contributed by atoms with Gasteiger partial charge in [-0.05, 0) is 33.6 Å². The highest BCUT2D eigenvalue weighted by Gasteiger charge is 2.37. The van der Waals surface area contributed by atoms with Crippen LogP contribution in [0, 0.1) is 0 Å². The number of halogens is 4. The molecule has 106 valence electrons. The van der Waals surface area contributed by atoms with E-state index in [0.29, 0.717) is 0 Å². The third-order valence-corrected chi connectivity index (χ3v) is 3.35. The normalized spacial score (nSPS) is 12.5. The Labute approximate surface area is 116 Å². The van der Waals surface area contributed by atoms with Crippen molar-refractivity contribution in [2.45, 2.75) is 31.9 Å². The molecule has 0 fully saturated rings. The molecule has 1 aromatic carbocycles. The van der Waals surface area contributed by atoms with Crippen LogP contribution in [0.25, 0.3) is 0 Å². The Hall–Kier alpha value is -1.24. The van der Waals surface area contributed by atoms with Crippen molar-refractivity contribution >= 4 is 21.9 Å². The maximum atomic E-state index is 12.8. The number of hydrogen-bond donors (Lipinski definition) is 2. The minimum absolute atomic E-state index is 0.115. The van der Waals surface area contributed by atoms with E-state index in [1.165, 1.54) is 19.9 Å². The van der Waals surface area contributed by atoms with Gasteiger partial charge in [-0.3, -0.25) is 4.79 Å². The van der Waals surface area contributed by atoms with Gasteiger partial charge in [-0.15, -0.1) is 0 Å². The number of aromatic hydroxyl groups is 1. The Kier molecular flexibility index (Phi) is 4.19. The third-order valence-electron chi connectivity index (χ3n) is 2.74. The van der Waals surface area contributed by atoms with Gasteiger partial charge in [0.25, 0.3) is 0 Å². The van der Waals surface area contributed by atoms with Gasteiger partial charge in [-0.25, -0.2) is 0 Å². The van der Waals surface area contributed by atoms with E-state index in [1.807, 2.05) is 0 Å². The van der Waals surface area contributed by atoms with E-state index in [2.05, 4.69) is 15.9 Å². The van der Waals surface area contributed by atoms with E-state index in [-0.39, 0.29) is 16.5 Å². The lowest BCUT2D eigenvalue weighted by molar-refractivity contribution is -0.139. The predicted octanol–water partition coefficient (Wildman–Crippen LogP) is 3.93. The molecular formula is C12H12BrF3O3. The highest BCUT2D eigenvalue weighted by molar-refractivity contribution is 9.10. The molecule has 1 rings (SSSR count). The van der Waals surface area contributed by atoms with Gasteiger partial charge in [0.1, 0.15) is 5.75 Å². The van der Waals surface area contributed by atoms with Gasteiger partial charge in [0.2, 0.25) is 0 Å². The van der Waals surface area contributed by atoms with Crippen LogP contribution < -0.4 is 0 Å². The SMILES string of the molecule is CC(C)(CC(=O)O)c1cc(Br)c(O)c(C(F)(F)F)c1. The number of phenols is 1. The van der Waals surface area contributed by atoms with Crippen molar-refractivity contribution in [2.24, 2.45) is 0 Å². The number of alkyl halides is 3. The van der Waals surface area contributed by atoms with Crippen LogP contribution in [0.3, 0.4) is 0 Å². The molecule has 19 heavy (non-hydrogen) atoms. The first-order valence-electron chi connectivity index (χ1n) is 5.27. The number of benzene rings is 1. The van der Waals surface area contributed by atoms with Gasteiger partial charge in [-0.2, -0.15) is 13.2 Å². The highest BCUT2D eigenvalue weighted by atomic mass is 79.9. The lowest BCUT2D eigenvalue weighted by Gasteiger charge is -2.25. The summed E-state index contributed by atoms with van der Waals surface area (Å²) in [5.41, 5.74) is -1.98. The Morgan fingerprint density at radius 3 is 2.26 bits per heavy atom. The Morgan fingerprint density at radius 1 is 1.32 bits per heavy atom. The van der Waals surface area contributed by atoms with Crippen LogP contribution in [0.5, 0.6) is 5.75 Å². The second-order valence-corrected chi connectivity index (χ2v) is 5.66. The zero-order chi connectivity index (χ0) is 15.0. The topological polar surface area (TPSA) is 57.5 Å². The minimum atomic E-state index is -4.71. The Balaban J connectivity index is 3.39. The molecule has 0 unspecified atom stereocenters. The third kappa shape index (κ3) is 3.62. The molecule has 0 amide bonds. The van der Waals surface area contributed by atoms with E-state index in [0.717, 1.165) is 6.07 Å². The lowest BCUT2D eigenvalue weighted by Crippen LogP contribution is -2.22. The average Bonchev–Trinajstić information content (AvgIpc) is 2.17. The fourth-order valence-corrected chi connectivity index (χ4v) is 2.15. The number of aliphatic carboxylic acids is 1. The van der Waals surface area contributed by atoms with Crippen LogP contribution in [0.1, 0.15) is 31.4 Å². The molecular weight excluding hydrogens is 329 g/mol. The van der Waals surface area contributed by atoms with Gasteiger partial charge in [-0.1, -0.05) is 13.8 Å². The quantitative estimate of drug-likeness (QED) is 0.876.